The maximum atomic E-state index is 9.08. The summed E-state index contributed by atoms with van der Waals surface area (Å²) in [6.45, 7) is 0.576. The first kappa shape index (κ1) is 11.4. The molecule has 0 aliphatic heterocycles. The molecule has 0 saturated carbocycles. The molecule has 0 amide bonds. The number of methoxy groups -OCH3 is 1. The molecule has 0 fully saturated rings. The summed E-state index contributed by atoms with van der Waals surface area (Å²) in [6.07, 6.45) is 0. The zero-order valence-corrected chi connectivity index (χ0v) is 7.28. The van der Waals surface area contributed by atoms with E-state index in [2.05, 4.69) is 4.74 Å². The average Bonchev–Trinajstić information content (AvgIpc) is 2.14. The van der Waals surface area contributed by atoms with Gasteiger partial charge < -0.3 is 14.6 Å². The third-order valence-corrected chi connectivity index (χ3v) is 1.18. The molecule has 0 atom stereocenters. The number of allylic oxidation sites excluding steroid dienone is 1. The summed E-state index contributed by atoms with van der Waals surface area (Å²) in [7, 11) is 1.52. The Morgan fingerprint density at radius 3 is 2.38 bits per heavy atom. The maximum absolute atomic E-state index is 9.08. The van der Waals surface area contributed by atoms with Gasteiger partial charge in [-0.25, -0.2) is 0 Å². The Hall–Kier alpha value is -1.56. The first-order chi connectivity index (χ1) is 6.26. The topological polar surface area (TPSA) is 86.3 Å². The Labute approximate surface area is 76.4 Å². The van der Waals surface area contributed by atoms with Crippen LogP contribution in [0.4, 0.5) is 0 Å². The van der Waals surface area contributed by atoms with Gasteiger partial charge in [0.15, 0.2) is 5.57 Å². The van der Waals surface area contributed by atoms with Crippen LogP contribution in [0, 0.1) is 22.7 Å². The molecule has 0 unspecified atom stereocenters. The standard InChI is InChI=1S/C8H10N2O3/c1-12-2-3-13-6-8(11)7(4-9)5-10/h11H,2-3,6H2,1H3. The summed E-state index contributed by atoms with van der Waals surface area (Å²) < 4.78 is 9.57. The van der Waals surface area contributed by atoms with Crippen LogP contribution in [-0.2, 0) is 9.47 Å². The van der Waals surface area contributed by atoms with Gasteiger partial charge in [-0.05, 0) is 0 Å². The summed E-state index contributed by atoms with van der Waals surface area (Å²) in [5.41, 5.74) is -0.322. The van der Waals surface area contributed by atoms with Crippen molar-refractivity contribution >= 4 is 0 Å². The molecule has 0 heterocycles. The van der Waals surface area contributed by atoms with E-state index in [9.17, 15) is 0 Å². The molecular weight excluding hydrogens is 172 g/mol. The lowest BCUT2D eigenvalue weighted by Gasteiger charge is -2.01. The molecule has 0 saturated heterocycles. The fraction of sp³-hybridized carbons (Fsp3) is 0.500. The summed E-state index contributed by atoms with van der Waals surface area (Å²) in [6, 6.07) is 3.10. The van der Waals surface area contributed by atoms with Crippen molar-refractivity contribution in [3.05, 3.63) is 11.3 Å². The van der Waals surface area contributed by atoms with E-state index in [-0.39, 0.29) is 17.9 Å². The van der Waals surface area contributed by atoms with Crippen molar-refractivity contribution in [3.63, 3.8) is 0 Å². The Morgan fingerprint density at radius 1 is 1.31 bits per heavy atom. The minimum Gasteiger partial charge on any atom is -0.508 e. The number of rotatable bonds is 5. The molecule has 0 rings (SSSR count). The highest BCUT2D eigenvalue weighted by molar-refractivity contribution is 5.37. The van der Waals surface area contributed by atoms with Gasteiger partial charge in [0.2, 0.25) is 0 Å². The van der Waals surface area contributed by atoms with Crippen LogP contribution in [-0.4, -0.2) is 32.0 Å². The Morgan fingerprint density at radius 2 is 1.92 bits per heavy atom. The van der Waals surface area contributed by atoms with Crippen molar-refractivity contribution in [1.29, 1.82) is 10.5 Å². The Balaban J connectivity index is 3.87. The predicted molar refractivity (Wildman–Crippen MR) is 43.6 cm³/mol. The molecular formula is C8H10N2O3. The fourth-order valence-corrected chi connectivity index (χ4v) is 0.537. The van der Waals surface area contributed by atoms with Crippen LogP contribution in [0.2, 0.25) is 0 Å². The van der Waals surface area contributed by atoms with E-state index in [0.29, 0.717) is 13.2 Å². The zero-order chi connectivity index (χ0) is 10.1. The van der Waals surface area contributed by atoms with E-state index in [4.69, 9.17) is 20.4 Å². The Bertz CT molecular complexity index is 244. The first-order valence-electron chi connectivity index (χ1n) is 3.55. The SMILES string of the molecule is COCCOCC(O)=C(C#N)C#N. The second-order valence-electron chi connectivity index (χ2n) is 2.09. The molecule has 70 valence electrons. The number of hydrogen-bond acceptors (Lipinski definition) is 5. The molecule has 5 heteroatoms. The van der Waals surface area contributed by atoms with Gasteiger partial charge in [-0.15, -0.1) is 0 Å². The molecule has 13 heavy (non-hydrogen) atoms. The molecule has 0 aromatic heterocycles. The highest BCUT2D eigenvalue weighted by Crippen LogP contribution is 1.98. The number of aliphatic hydroxyl groups is 1. The van der Waals surface area contributed by atoms with E-state index in [1.165, 1.54) is 7.11 Å². The second-order valence-corrected chi connectivity index (χ2v) is 2.09. The maximum Gasteiger partial charge on any atom is 0.169 e. The second kappa shape index (κ2) is 7.11. The lowest BCUT2D eigenvalue weighted by molar-refractivity contribution is 0.0693. The van der Waals surface area contributed by atoms with Crippen molar-refractivity contribution in [2.24, 2.45) is 0 Å². The number of ether oxygens (including phenoxy) is 2. The minimum absolute atomic E-state index is 0.139. The summed E-state index contributed by atoms with van der Waals surface area (Å²) in [5.74, 6) is -0.346. The van der Waals surface area contributed by atoms with Crippen LogP contribution in [0.1, 0.15) is 0 Å². The third kappa shape index (κ3) is 4.81. The van der Waals surface area contributed by atoms with Crippen molar-refractivity contribution in [2.75, 3.05) is 26.9 Å². The van der Waals surface area contributed by atoms with Gasteiger partial charge in [-0.2, -0.15) is 10.5 Å². The van der Waals surface area contributed by atoms with Crippen molar-refractivity contribution in [1.82, 2.24) is 0 Å². The fourth-order valence-electron chi connectivity index (χ4n) is 0.537. The van der Waals surface area contributed by atoms with E-state index in [0.717, 1.165) is 0 Å². The molecule has 0 aromatic carbocycles. The van der Waals surface area contributed by atoms with Crippen LogP contribution >= 0.6 is 0 Å². The summed E-state index contributed by atoms with van der Waals surface area (Å²) in [5, 5.41) is 25.7. The van der Waals surface area contributed by atoms with E-state index >= 15 is 0 Å². The predicted octanol–water partition coefficient (Wildman–Crippen LogP) is 0.509. The van der Waals surface area contributed by atoms with E-state index in [1.54, 1.807) is 12.1 Å². The van der Waals surface area contributed by atoms with Crippen LogP contribution < -0.4 is 0 Å². The zero-order valence-electron chi connectivity index (χ0n) is 7.28. The molecule has 0 bridgehead atoms. The lowest BCUT2D eigenvalue weighted by atomic mass is 10.3. The largest absolute Gasteiger partial charge is 0.508 e. The molecule has 0 aliphatic rings. The van der Waals surface area contributed by atoms with Gasteiger partial charge in [-0.1, -0.05) is 0 Å². The van der Waals surface area contributed by atoms with Gasteiger partial charge in [0.05, 0.1) is 13.2 Å². The number of aliphatic hydroxyl groups excluding tert-OH is 1. The quantitative estimate of drug-likeness (QED) is 0.380. The molecule has 0 aliphatic carbocycles. The molecule has 0 radical (unpaired) electrons. The smallest absolute Gasteiger partial charge is 0.169 e. The lowest BCUT2D eigenvalue weighted by Crippen LogP contribution is -2.05. The highest BCUT2D eigenvalue weighted by Gasteiger charge is 2.03. The average molecular weight is 182 g/mol. The monoisotopic (exact) mass is 182 g/mol. The van der Waals surface area contributed by atoms with Crippen LogP contribution in [0.15, 0.2) is 11.3 Å². The number of nitrogens with zero attached hydrogens (tertiary/aromatic N) is 2. The minimum atomic E-state index is -0.346. The van der Waals surface area contributed by atoms with Crippen LogP contribution in [0.5, 0.6) is 0 Å². The van der Waals surface area contributed by atoms with Gasteiger partial charge in [0.1, 0.15) is 24.5 Å². The number of hydrogen-bond donors (Lipinski definition) is 1. The van der Waals surface area contributed by atoms with Crippen LogP contribution in [0.25, 0.3) is 0 Å². The molecule has 1 N–H and O–H groups in total. The summed E-state index contributed by atoms with van der Waals surface area (Å²) >= 11 is 0. The molecule has 0 aromatic rings. The van der Waals surface area contributed by atoms with Gasteiger partial charge in [0.25, 0.3) is 0 Å². The normalized spacial score (nSPS) is 8.54. The molecule has 5 nitrogen and oxygen atoms in total. The van der Waals surface area contributed by atoms with Crippen molar-refractivity contribution in [2.45, 2.75) is 0 Å². The van der Waals surface area contributed by atoms with E-state index in [1.807, 2.05) is 0 Å². The van der Waals surface area contributed by atoms with Crippen molar-refractivity contribution in [3.8, 4) is 12.1 Å². The molecule has 0 spiro atoms. The highest BCUT2D eigenvalue weighted by atomic mass is 16.5. The van der Waals surface area contributed by atoms with Gasteiger partial charge in [0, 0.05) is 7.11 Å². The summed E-state index contributed by atoms with van der Waals surface area (Å²) in [4.78, 5) is 0. The van der Waals surface area contributed by atoms with Gasteiger partial charge >= 0.3 is 0 Å². The number of nitriles is 2. The van der Waals surface area contributed by atoms with E-state index < -0.39 is 0 Å². The third-order valence-electron chi connectivity index (χ3n) is 1.18. The first-order valence-corrected chi connectivity index (χ1v) is 3.55. The Kier molecular flexibility index (Phi) is 6.26. The van der Waals surface area contributed by atoms with Crippen molar-refractivity contribution < 1.29 is 14.6 Å². The van der Waals surface area contributed by atoms with Crippen LogP contribution in [0.3, 0.4) is 0 Å². The van der Waals surface area contributed by atoms with Gasteiger partial charge in [-0.3, -0.25) is 0 Å².